The minimum absolute atomic E-state index is 0.218. The van der Waals surface area contributed by atoms with E-state index in [2.05, 4.69) is 35.6 Å². The first-order valence-corrected chi connectivity index (χ1v) is 7.82. The molecule has 0 aromatic heterocycles. The number of aryl methyl sites for hydroxylation is 2. The number of nitrogens with one attached hydrogen (secondary N) is 1. The first-order chi connectivity index (χ1) is 10.2. The molecule has 0 fully saturated rings. The fraction of sp³-hybridized carbons (Fsp3) is 0.368. The molecule has 0 saturated carbocycles. The Bertz CT molecular complexity index is 601. The zero-order valence-electron chi connectivity index (χ0n) is 12.9. The van der Waals surface area contributed by atoms with Gasteiger partial charge in [0, 0.05) is 12.2 Å². The maximum atomic E-state index is 5.65. The maximum absolute atomic E-state index is 5.65. The molecule has 0 atom stereocenters. The summed E-state index contributed by atoms with van der Waals surface area (Å²) in [5, 5.41) is 3.48. The van der Waals surface area contributed by atoms with E-state index in [1.54, 1.807) is 0 Å². The number of ether oxygens (including phenoxy) is 1. The minimum Gasteiger partial charge on any atom is -0.491 e. The van der Waals surface area contributed by atoms with Gasteiger partial charge in [-0.1, -0.05) is 18.2 Å². The molecular weight excluding hydrogens is 258 g/mol. The van der Waals surface area contributed by atoms with Gasteiger partial charge in [0.15, 0.2) is 0 Å². The van der Waals surface area contributed by atoms with Gasteiger partial charge >= 0.3 is 0 Å². The van der Waals surface area contributed by atoms with Crippen molar-refractivity contribution < 1.29 is 4.74 Å². The largest absolute Gasteiger partial charge is 0.491 e. The van der Waals surface area contributed by atoms with Crippen LogP contribution in [0.1, 0.15) is 37.0 Å². The van der Waals surface area contributed by atoms with E-state index in [1.807, 2.05) is 26.0 Å². The highest BCUT2D eigenvalue weighted by Crippen LogP contribution is 2.23. The van der Waals surface area contributed by atoms with Gasteiger partial charge in [-0.2, -0.15) is 0 Å². The highest BCUT2D eigenvalue weighted by molar-refractivity contribution is 5.47. The third-order valence-corrected chi connectivity index (χ3v) is 3.89. The van der Waals surface area contributed by atoms with Crippen molar-refractivity contribution in [2.45, 2.75) is 45.8 Å². The SMILES string of the molecule is CC(C)Oc1ccc(NCc2ccc3c(c2)CCC3)cc1. The summed E-state index contributed by atoms with van der Waals surface area (Å²) in [4.78, 5) is 0. The first kappa shape index (κ1) is 14.0. The van der Waals surface area contributed by atoms with Crippen molar-refractivity contribution in [1.29, 1.82) is 0 Å². The van der Waals surface area contributed by atoms with Crippen LogP contribution in [0.4, 0.5) is 5.69 Å². The molecule has 1 aliphatic carbocycles. The Balaban J connectivity index is 1.59. The Morgan fingerprint density at radius 2 is 1.76 bits per heavy atom. The second-order valence-corrected chi connectivity index (χ2v) is 6.00. The molecule has 0 saturated heterocycles. The summed E-state index contributed by atoms with van der Waals surface area (Å²) in [6, 6.07) is 15.1. The van der Waals surface area contributed by atoms with E-state index in [4.69, 9.17) is 4.74 Å². The van der Waals surface area contributed by atoms with Crippen molar-refractivity contribution in [2.24, 2.45) is 0 Å². The highest BCUT2D eigenvalue weighted by atomic mass is 16.5. The highest BCUT2D eigenvalue weighted by Gasteiger charge is 2.10. The Morgan fingerprint density at radius 1 is 1.00 bits per heavy atom. The van der Waals surface area contributed by atoms with E-state index < -0.39 is 0 Å². The maximum Gasteiger partial charge on any atom is 0.119 e. The molecular formula is C19H23NO. The van der Waals surface area contributed by atoms with E-state index in [0.717, 1.165) is 18.0 Å². The van der Waals surface area contributed by atoms with Crippen LogP contribution >= 0.6 is 0 Å². The van der Waals surface area contributed by atoms with Gasteiger partial charge in [0.2, 0.25) is 0 Å². The van der Waals surface area contributed by atoms with Gasteiger partial charge in [-0.3, -0.25) is 0 Å². The first-order valence-electron chi connectivity index (χ1n) is 7.82. The molecule has 21 heavy (non-hydrogen) atoms. The van der Waals surface area contributed by atoms with Crippen LogP contribution in [0.3, 0.4) is 0 Å². The number of rotatable bonds is 5. The van der Waals surface area contributed by atoms with Crippen LogP contribution in [-0.2, 0) is 19.4 Å². The molecule has 0 bridgehead atoms. The molecule has 0 unspecified atom stereocenters. The summed E-state index contributed by atoms with van der Waals surface area (Å²) in [7, 11) is 0. The van der Waals surface area contributed by atoms with E-state index in [-0.39, 0.29) is 6.10 Å². The number of anilines is 1. The molecule has 1 aliphatic rings. The molecule has 0 spiro atoms. The van der Waals surface area contributed by atoms with Crippen LogP contribution in [0.2, 0.25) is 0 Å². The van der Waals surface area contributed by atoms with Gasteiger partial charge in [-0.05, 0) is 74.1 Å². The summed E-state index contributed by atoms with van der Waals surface area (Å²) < 4.78 is 5.65. The van der Waals surface area contributed by atoms with Crippen molar-refractivity contribution in [3.63, 3.8) is 0 Å². The zero-order chi connectivity index (χ0) is 14.7. The van der Waals surface area contributed by atoms with Crippen molar-refractivity contribution in [1.82, 2.24) is 0 Å². The Hall–Kier alpha value is -1.96. The number of hydrogen-bond acceptors (Lipinski definition) is 2. The third kappa shape index (κ3) is 3.57. The lowest BCUT2D eigenvalue weighted by Crippen LogP contribution is -2.05. The molecule has 0 aliphatic heterocycles. The fourth-order valence-electron chi connectivity index (χ4n) is 2.86. The molecule has 0 radical (unpaired) electrons. The lowest BCUT2D eigenvalue weighted by molar-refractivity contribution is 0.242. The second-order valence-electron chi connectivity index (χ2n) is 6.00. The quantitative estimate of drug-likeness (QED) is 0.866. The Labute approximate surface area is 127 Å². The van der Waals surface area contributed by atoms with E-state index in [9.17, 15) is 0 Å². The topological polar surface area (TPSA) is 21.3 Å². The van der Waals surface area contributed by atoms with Crippen LogP contribution in [0.25, 0.3) is 0 Å². The van der Waals surface area contributed by atoms with Crippen LogP contribution in [-0.4, -0.2) is 6.10 Å². The smallest absolute Gasteiger partial charge is 0.119 e. The van der Waals surface area contributed by atoms with Crippen molar-refractivity contribution >= 4 is 5.69 Å². The Morgan fingerprint density at radius 3 is 2.52 bits per heavy atom. The fourth-order valence-corrected chi connectivity index (χ4v) is 2.86. The normalized spacial score (nSPS) is 13.3. The van der Waals surface area contributed by atoms with Crippen molar-refractivity contribution in [3.05, 3.63) is 59.2 Å². The molecule has 2 aromatic carbocycles. The lowest BCUT2D eigenvalue weighted by atomic mass is 10.1. The molecule has 2 aromatic rings. The molecule has 0 amide bonds. The standard InChI is InChI=1S/C19H23NO/c1-14(2)21-19-10-8-18(9-11-19)20-13-15-6-7-16-4-3-5-17(16)12-15/h6-12,14,20H,3-5,13H2,1-2H3. The van der Waals surface area contributed by atoms with E-state index in [0.29, 0.717) is 0 Å². The summed E-state index contributed by atoms with van der Waals surface area (Å²) in [6.07, 6.45) is 4.02. The van der Waals surface area contributed by atoms with E-state index in [1.165, 1.54) is 36.0 Å². The number of hydrogen-bond donors (Lipinski definition) is 1. The lowest BCUT2D eigenvalue weighted by Gasteiger charge is -2.11. The second kappa shape index (κ2) is 6.21. The summed E-state index contributed by atoms with van der Waals surface area (Å²) in [5.74, 6) is 0.924. The summed E-state index contributed by atoms with van der Waals surface area (Å²) >= 11 is 0. The zero-order valence-corrected chi connectivity index (χ0v) is 12.9. The average molecular weight is 281 g/mol. The van der Waals surface area contributed by atoms with Crippen LogP contribution in [0, 0.1) is 0 Å². The van der Waals surface area contributed by atoms with Crippen LogP contribution in [0.15, 0.2) is 42.5 Å². The molecule has 2 nitrogen and oxygen atoms in total. The predicted molar refractivity (Wildman–Crippen MR) is 88.0 cm³/mol. The van der Waals surface area contributed by atoms with E-state index >= 15 is 0 Å². The number of benzene rings is 2. The van der Waals surface area contributed by atoms with Gasteiger partial charge in [-0.25, -0.2) is 0 Å². The van der Waals surface area contributed by atoms with Gasteiger partial charge < -0.3 is 10.1 Å². The molecule has 2 heteroatoms. The predicted octanol–water partition coefficient (Wildman–Crippen LogP) is 4.57. The van der Waals surface area contributed by atoms with Crippen molar-refractivity contribution in [3.8, 4) is 5.75 Å². The van der Waals surface area contributed by atoms with Gasteiger partial charge in [0.25, 0.3) is 0 Å². The molecule has 1 N–H and O–H groups in total. The molecule has 0 heterocycles. The van der Waals surface area contributed by atoms with Crippen LogP contribution in [0.5, 0.6) is 5.75 Å². The Kier molecular flexibility index (Phi) is 4.14. The molecule has 110 valence electrons. The number of fused-ring (bicyclic) bond motifs is 1. The van der Waals surface area contributed by atoms with Gasteiger partial charge in [-0.15, -0.1) is 0 Å². The monoisotopic (exact) mass is 281 g/mol. The molecule has 3 rings (SSSR count). The van der Waals surface area contributed by atoms with Crippen molar-refractivity contribution in [2.75, 3.05) is 5.32 Å². The summed E-state index contributed by atoms with van der Waals surface area (Å²) in [6.45, 7) is 4.96. The third-order valence-electron chi connectivity index (χ3n) is 3.89. The minimum atomic E-state index is 0.218. The van der Waals surface area contributed by atoms with Gasteiger partial charge in [0.05, 0.1) is 6.10 Å². The van der Waals surface area contributed by atoms with Gasteiger partial charge in [0.1, 0.15) is 5.75 Å². The van der Waals surface area contributed by atoms with Crippen LogP contribution < -0.4 is 10.1 Å². The average Bonchev–Trinajstić information content (AvgIpc) is 2.93. The summed E-state index contributed by atoms with van der Waals surface area (Å²) in [5.41, 5.74) is 5.56.